The lowest BCUT2D eigenvalue weighted by molar-refractivity contribution is -0.113. The van der Waals surface area contributed by atoms with E-state index in [0.717, 1.165) is 0 Å². The smallest absolute Gasteiger partial charge is 0.170 e. The molecule has 0 saturated heterocycles. The molecule has 0 heterocycles. The highest BCUT2D eigenvalue weighted by Crippen LogP contribution is 2.26. The quantitative estimate of drug-likeness (QED) is 0.480. The highest BCUT2D eigenvalue weighted by Gasteiger charge is 2.10. The minimum absolute atomic E-state index is 0.0238. The normalized spacial score (nSPS) is 10.6. The average Bonchev–Trinajstić information content (AvgIpc) is 2.61. The van der Waals surface area contributed by atoms with E-state index in [9.17, 15) is 14.7 Å². The summed E-state index contributed by atoms with van der Waals surface area (Å²) in [5, 5.41) is 9.53. The van der Waals surface area contributed by atoms with Crippen LogP contribution in [0.4, 0.5) is 0 Å². The molecule has 0 atom stereocenters. The molecule has 24 heavy (non-hydrogen) atoms. The van der Waals surface area contributed by atoms with Crippen LogP contribution < -0.4 is 9.47 Å². The Balaban J connectivity index is 2.00. The van der Waals surface area contributed by atoms with Crippen molar-refractivity contribution in [2.45, 2.75) is 6.42 Å². The molecule has 124 valence electrons. The average molecular weight is 326 g/mol. The van der Waals surface area contributed by atoms with Crippen LogP contribution in [-0.4, -0.2) is 30.9 Å². The molecule has 0 aliphatic rings. The third-order valence-corrected chi connectivity index (χ3v) is 3.41. The summed E-state index contributed by atoms with van der Waals surface area (Å²) in [6.07, 6.45) is 2.71. The molecule has 5 heteroatoms. The van der Waals surface area contributed by atoms with Crippen LogP contribution in [-0.2, 0) is 4.79 Å². The Labute approximate surface area is 140 Å². The fraction of sp³-hybridized carbons (Fsp3) is 0.158. The van der Waals surface area contributed by atoms with E-state index in [-0.39, 0.29) is 23.7 Å². The monoisotopic (exact) mass is 326 g/mol. The van der Waals surface area contributed by atoms with Gasteiger partial charge in [-0.1, -0.05) is 12.1 Å². The number of carbonyl (C=O) groups excluding carboxylic acids is 2. The molecule has 2 aromatic rings. The van der Waals surface area contributed by atoms with Crippen LogP contribution in [0.25, 0.3) is 6.08 Å². The van der Waals surface area contributed by atoms with Crippen LogP contribution in [0.1, 0.15) is 22.3 Å². The number of ether oxygens (including phenoxy) is 2. The van der Waals surface area contributed by atoms with Crippen LogP contribution in [0.2, 0.25) is 0 Å². The Morgan fingerprint density at radius 1 is 1.04 bits per heavy atom. The van der Waals surface area contributed by atoms with E-state index in [0.29, 0.717) is 22.6 Å². The number of hydrogen-bond donors (Lipinski definition) is 1. The highest BCUT2D eigenvalue weighted by atomic mass is 16.5. The van der Waals surface area contributed by atoms with Gasteiger partial charge in [0.15, 0.2) is 23.1 Å². The number of benzene rings is 2. The summed E-state index contributed by atoms with van der Waals surface area (Å²) in [6.45, 7) is 0. The van der Waals surface area contributed by atoms with E-state index in [1.54, 1.807) is 49.6 Å². The highest BCUT2D eigenvalue weighted by molar-refractivity contribution is 6.12. The van der Waals surface area contributed by atoms with Crippen molar-refractivity contribution in [3.8, 4) is 17.2 Å². The Kier molecular flexibility index (Phi) is 5.73. The lowest BCUT2D eigenvalue weighted by Crippen LogP contribution is -2.05. The molecule has 0 saturated carbocycles. The van der Waals surface area contributed by atoms with Gasteiger partial charge in [0.2, 0.25) is 0 Å². The van der Waals surface area contributed by atoms with E-state index in [1.165, 1.54) is 19.3 Å². The Morgan fingerprint density at radius 2 is 1.75 bits per heavy atom. The SMILES string of the molecule is COc1ccc(C(=O)CC(=O)/C=C/c2ccc(O)c(OC)c2)cc1. The molecular formula is C19H18O5. The van der Waals surface area contributed by atoms with Gasteiger partial charge in [0.1, 0.15) is 5.75 Å². The molecule has 1 N–H and O–H groups in total. The van der Waals surface area contributed by atoms with E-state index in [1.807, 2.05) is 0 Å². The number of allylic oxidation sites excluding steroid dienone is 1. The van der Waals surface area contributed by atoms with Crippen molar-refractivity contribution in [1.29, 1.82) is 0 Å². The molecule has 0 aliphatic heterocycles. The van der Waals surface area contributed by atoms with Gasteiger partial charge in [0.25, 0.3) is 0 Å². The van der Waals surface area contributed by atoms with Crippen molar-refractivity contribution in [3.05, 3.63) is 59.7 Å². The van der Waals surface area contributed by atoms with E-state index < -0.39 is 0 Å². The van der Waals surface area contributed by atoms with Gasteiger partial charge >= 0.3 is 0 Å². The predicted octanol–water partition coefficient (Wildman–Crippen LogP) is 3.26. The third kappa shape index (κ3) is 4.46. The zero-order valence-corrected chi connectivity index (χ0v) is 13.5. The van der Waals surface area contributed by atoms with Gasteiger partial charge in [0.05, 0.1) is 20.6 Å². The molecular weight excluding hydrogens is 308 g/mol. The summed E-state index contributed by atoms with van der Waals surface area (Å²) < 4.78 is 10.0. The first kappa shape index (κ1) is 17.3. The number of phenolic OH excluding ortho intramolecular Hbond substituents is 1. The molecule has 2 aromatic carbocycles. The number of methoxy groups -OCH3 is 2. The lowest BCUT2D eigenvalue weighted by atomic mass is 10.0. The van der Waals surface area contributed by atoms with Crippen LogP contribution in [0.5, 0.6) is 17.2 Å². The summed E-state index contributed by atoms with van der Waals surface area (Å²) in [6, 6.07) is 11.3. The van der Waals surface area contributed by atoms with Crippen LogP contribution in [0.15, 0.2) is 48.5 Å². The second-order valence-corrected chi connectivity index (χ2v) is 5.06. The van der Waals surface area contributed by atoms with Gasteiger partial charge in [-0.05, 0) is 48.0 Å². The van der Waals surface area contributed by atoms with Crippen molar-refractivity contribution in [1.82, 2.24) is 0 Å². The number of phenols is 1. The minimum atomic E-state index is -0.303. The maximum absolute atomic E-state index is 12.1. The van der Waals surface area contributed by atoms with Gasteiger partial charge in [-0.2, -0.15) is 0 Å². The van der Waals surface area contributed by atoms with E-state index >= 15 is 0 Å². The van der Waals surface area contributed by atoms with Gasteiger partial charge in [-0.15, -0.1) is 0 Å². The van der Waals surface area contributed by atoms with Gasteiger partial charge in [0, 0.05) is 5.56 Å². The van der Waals surface area contributed by atoms with Gasteiger partial charge < -0.3 is 14.6 Å². The third-order valence-electron chi connectivity index (χ3n) is 3.41. The van der Waals surface area contributed by atoms with Crippen molar-refractivity contribution < 1.29 is 24.2 Å². The van der Waals surface area contributed by atoms with Crippen molar-refractivity contribution >= 4 is 17.6 Å². The molecule has 0 amide bonds. The fourth-order valence-corrected chi connectivity index (χ4v) is 2.08. The van der Waals surface area contributed by atoms with Crippen molar-refractivity contribution in [2.75, 3.05) is 14.2 Å². The van der Waals surface area contributed by atoms with Crippen LogP contribution in [0.3, 0.4) is 0 Å². The standard InChI is InChI=1S/C19H18O5/c1-23-16-8-5-14(6-9-16)18(22)12-15(20)7-3-13-4-10-17(21)19(11-13)24-2/h3-11,21H,12H2,1-2H3/b7-3+. The maximum atomic E-state index is 12.1. The number of ketones is 2. The summed E-state index contributed by atoms with van der Waals surface area (Å²) >= 11 is 0. The number of carbonyl (C=O) groups is 2. The van der Waals surface area contributed by atoms with Crippen molar-refractivity contribution in [2.24, 2.45) is 0 Å². The molecule has 0 spiro atoms. The largest absolute Gasteiger partial charge is 0.504 e. The van der Waals surface area contributed by atoms with Gasteiger partial charge in [-0.3, -0.25) is 9.59 Å². The summed E-state index contributed by atoms with van der Waals surface area (Å²) in [5.74, 6) is 0.437. The van der Waals surface area contributed by atoms with Gasteiger partial charge in [-0.25, -0.2) is 0 Å². The Morgan fingerprint density at radius 3 is 2.38 bits per heavy atom. The molecule has 0 radical (unpaired) electrons. The van der Waals surface area contributed by atoms with Crippen LogP contribution >= 0.6 is 0 Å². The molecule has 5 nitrogen and oxygen atoms in total. The summed E-state index contributed by atoms with van der Waals surface area (Å²) in [4.78, 5) is 24.0. The topological polar surface area (TPSA) is 72.8 Å². The molecule has 0 unspecified atom stereocenters. The number of hydrogen-bond acceptors (Lipinski definition) is 5. The first-order chi connectivity index (χ1) is 11.5. The number of rotatable bonds is 7. The summed E-state index contributed by atoms with van der Waals surface area (Å²) in [7, 11) is 2.99. The molecule has 0 aromatic heterocycles. The zero-order chi connectivity index (χ0) is 17.5. The Bertz CT molecular complexity index is 760. The molecule has 0 fully saturated rings. The molecule has 0 bridgehead atoms. The minimum Gasteiger partial charge on any atom is -0.504 e. The second kappa shape index (κ2) is 7.97. The maximum Gasteiger partial charge on any atom is 0.170 e. The lowest BCUT2D eigenvalue weighted by Gasteiger charge is -2.03. The van der Waals surface area contributed by atoms with E-state index in [4.69, 9.17) is 9.47 Å². The zero-order valence-electron chi connectivity index (χ0n) is 13.5. The van der Waals surface area contributed by atoms with Crippen LogP contribution in [0, 0.1) is 0 Å². The van der Waals surface area contributed by atoms with E-state index in [2.05, 4.69) is 0 Å². The molecule has 2 rings (SSSR count). The number of aromatic hydroxyl groups is 1. The van der Waals surface area contributed by atoms with Crippen molar-refractivity contribution in [3.63, 3.8) is 0 Å². The first-order valence-electron chi connectivity index (χ1n) is 7.28. The Hall–Kier alpha value is -3.08. The second-order valence-electron chi connectivity index (χ2n) is 5.06. The number of Topliss-reactive ketones (excluding diaryl/α,β-unsaturated/α-hetero) is 1. The molecule has 0 aliphatic carbocycles. The first-order valence-corrected chi connectivity index (χ1v) is 7.28. The predicted molar refractivity (Wildman–Crippen MR) is 90.6 cm³/mol. The fourth-order valence-electron chi connectivity index (χ4n) is 2.08. The summed E-state index contributed by atoms with van der Waals surface area (Å²) in [5.41, 5.74) is 1.15.